The number of carbonyl (C=O) groups excluding carboxylic acids is 7. The molecule has 2 aliphatic heterocycles. The molecule has 388 valence electrons. The maximum absolute atomic E-state index is 13.6. The molecule has 5 rings (SSSR count). The van der Waals surface area contributed by atoms with Crippen molar-refractivity contribution >= 4 is 90.1 Å². The van der Waals surface area contributed by atoms with Gasteiger partial charge >= 0.3 is 23.9 Å². The highest BCUT2D eigenvalue weighted by atomic mass is 32.3. The number of esters is 4. The van der Waals surface area contributed by atoms with Crippen molar-refractivity contribution < 1.29 is 69.3 Å². The van der Waals surface area contributed by atoms with Gasteiger partial charge in [0.25, 0.3) is 17.7 Å². The zero-order chi connectivity index (χ0) is 52.7. The number of sulfone groups is 1. The predicted octanol–water partition coefficient (Wildman–Crippen LogP) is 4.32. The number of aryl methyl sites for hydroxylation is 1. The average Bonchev–Trinajstić information content (AvgIpc) is 3.98. The van der Waals surface area contributed by atoms with Crippen molar-refractivity contribution in [3.05, 3.63) is 57.9 Å². The molecule has 3 amide bonds. The van der Waals surface area contributed by atoms with Crippen LogP contribution < -0.4 is 20.5 Å². The molecule has 5 atom stereocenters. The number of carbonyl (C=O) groups is 7. The smallest absolute Gasteiger partial charge is 0.347 e. The van der Waals surface area contributed by atoms with Crippen LogP contribution in [0.3, 0.4) is 0 Å². The lowest BCUT2D eigenvalue weighted by atomic mass is 10.0. The van der Waals surface area contributed by atoms with Crippen LogP contribution in [0, 0.1) is 13.8 Å². The second kappa shape index (κ2) is 23.5. The molecule has 0 spiro atoms. The van der Waals surface area contributed by atoms with Gasteiger partial charge in [0.05, 0.1) is 22.4 Å². The summed E-state index contributed by atoms with van der Waals surface area (Å²) in [7, 11) is -8.17. The number of likely N-dealkylation sites (N-methyl/N-ethyl adjacent to an activating group) is 2. The van der Waals surface area contributed by atoms with E-state index < -0.39 is 79.2 Å². The number of thiophene rings is 1. The molecule has 24 heteroatoms. The van der Waals surface area contributed by atoms with Gasteiger partial charge in [-0.25, -0.2) is 31.6 Å². The van der Waals surface area contributed by atoms with Crippen LogP contribution in [-0.2, 0) is 62.8 Å². The molecular weight excluding hydrogens is 985 g/mol. The Morgan fingerprint density at radius 1 is 0.915 bits per heavy atom. The Labute approximate surface area is 417 Å². The highest BCUT2D eigenvalue weighted by Crippen LogP contribution is 2.45. The number of aromatic nitrogens is 1. The standard InChI is InChI=1S/C47H62N6O15S3/c1-10-52(11-2)20-19-49-43(57)41-26(5)36(50-27(41)6)23-33-32-22-31(17-18-35(32)51-42(33)56)68-39(55)16-14-13-15-38(54)65-29(8)45(59)67-30(9)46(60)66-28(7)44(58)53(12-3)37-21-25(4)70(61,62)47-34(37)24-40(69-47)71(48,63)64/h17-18,22-25,28-30,37,50H,10-16,19-21H2,1-9H3,(H,49,57)(H,51,56)(H2,48,63,64)/b33-23-/t25-,28?,29?,30?,37?/m1/s1. The van der Waals surface area contributed by atoms with Crippen molar-refractivity contribution in [1.29, 1.82) is 0 Å². The summed E-state index contributed by atoms with van der Waals surface area (Å²) in [5.74, 6) is -4.68. The number of nitrogens with one attached hydrogen (secondary N) is 3. The van der Waals surface area contributed by atoms with Crippen LogP contribution in [0.1, 0.15) is 125 Å². The van der Waals surface area contributed by atoms with E-state index in [1.807, 2.05) is 0 Å². The molecular formula is C47H62N6O15S3. The zero-order valence-electron chi connectivity index (χ0n) is 41.2. The van der Waals surface area contributed by atoms with Crippen LogP contribution in [0.15, 0.2) is 32.7 Å². The molecule has 4 heterocycles. The van der Waals surface area contributed by atoms with Gasteiger partial charge in [-0.3, -0.25) is 24.0 Å². The quantitative estimate of drug-likeness (QED) is 0.0358. The summed E-state index contributed by atoms with van der Waals surface area (Å²) >= 11 is 0.503. The molecule has 0 bridgehead atoms. The third kappa shape index (κ3) is 13.3. The third-order valence-corrected chi connectivity index (χ3v) is 17.5. The fraction of sp³-hybridized carbons (Fsp3) is 0.511. The molecule has 71 heavy (non-hydrogen) atoms. The number of hydrogen-bond donors (Lipinski definition) is 4. The normalized spacial score (nSPS) is 17.8. The first-order chi connectivity index (χ1) is 33.3. The van der Waals surface area contributed by atoms with E-state index >= 15 is 0 Å². The molecule has 0 fully saturated rings. The number of unbranched alkanes of at least 4 members (excludes halogenated alkanes) is 1. The van der Waals surface area contributed by atoms with Gasteiger partial charge in [0.1, 0.15) is 14.2 Å². The fourth-order valence-electron chi connectivity index (χ4n) is 8.17. The molecule has 4 unspecified atom stereocenters. The van der Waals surface area contributed by atoms with E-state index in [2.05, 4.69) is 34.4 Å². The zero-order valence-corrected chi connectivity index (χ0v) is 43.6. The van der Waals surface area contributed by atoms with Crippen molar-refractivity contribution in [2.45, 2.75) is 132 Å². The number of benzene rings is 1. The lowest BCUT2D eigenvalue weighted by Crippen LogP contribution is -2.45. The number of hydrogen-bond acceptors (Lipinski definition) is 17. The molecule has 0 aliphatic carbocycles. The maximum Gasteiger partial charge on any atom is 0.347 e. The number of anilines is 1. The Hall–Kier alpha value is -5.95. The summed E-state index contributed by atoms with van der Waals surface area (Å²) in [5.41, 5.74) is 3.81. The Morgan fingerprint density at radius 3 is 2.15 bits per heavy atom. The number of nitrogens with zero attached hydrogens (tertiary/aromatic N) is 2. The Morgan fingerprint density at radius 2 is 1.54 bits per heavy atom. The fourth-order valence-corrected chi connectivity index (χ4v) is 12.6. The molecule has 0 saturated carbocycles. The Bertz CT molecular complexity index is 2810. The van der Waals surface area contributed by atoms with Crippen molar-refractivity contribution in [3.8, 4) is 5.75 Å². The van der Waals surface area contributed by atoms with Crippen molar-refractivity contribution in [1.82, 2.24) is 20.1 Å². The largest absolute Gasteiger partial charge is 0.451 e. The van der Waals surface area contributed by atoms with Crippen molar-refractivity contribution in [2.75, 3.05) is 38.0 Å². The first-order valence-corrected chi connectivity index (χ1v) is 27.1. The molecule has 3 aromatic rings. The minimum Gasteiger partial charge on any atom is -0.451 e. The van der Waals surface area contributed by atoms with E-state index in [1.165, 1.54) is 38.7 Å². The minimum atomic E-state index is -4.26. The second-order valence-corrected chi connectivity index (χ2v) is 22.6. The number of H-pyrrole nitrogens is 1. The summed E-state index contributed by atoms with van der Waals surface area (Å²) < 4.78 is 70.9. The number of amides is 3. The number of nitrogens with two attached hydrogens (primary N) is 1. The second-order valence-electron chi connectivity index (χ2n) is 17.2. The summed E-state index contributed by atoms with van der Waals surface area (Å²) in [6.07, 6.45) is -2.67. The molecule has 21 nitrogen and oxygen atoms in total. The van der Waals surface area contributed by atoms with Gasteiger partial charge in [-0.2, -0.15) is 0 Å². The van der Waals surface area contributed by atoms with Gasteiger partial charge < -0.3 is 44.4 Å². The van der Waals surface area contributed by atoms with Gasteiger partial charge in [-0.15, -0.1) is 11.3 Å². The van der Waals surface area contributed by atoms with Gasteiger partial charge in [-0.05, 0) is 117 Å². The van der Waals surface area contributed by atoms with E-state index in [1.54, 1.807) is 39.0 Å². The first-order valence-electron chi connectivity index (χ1n) is 23.2. The number of rotatable bonds is 22. The molecule has 1 aromatic carbocycles. The molecule has 0 radical (unpaired) electrons. The molecule has 0 saturated heterocycles. The molecule has 2 aromatic heterocycles. The number of primary sulfonamides is 1. The van der Waals surface area contributed by atoms with Gasteiger partial charge in [-0.1, -0.05) is 13.8 Å². The lowest BCUT2D eigenvalue weighted by molar-refractivity contribution is -0.180. The van der Waals surface area contributed by atoms with Gasteiger partial charge in [0.15, 0.2) is 28.1 Å². The Kier molecular flexibility index (Phi) is 18.5. The Balaban J connectivity index is 1.06. The molecule has 5 N–H and O–H groups in total. The predicted molar refractivity (Wildman–Crippen MR) is 261 cm³/mol. The summed E-state index contributed by atoms with van der Waals surface area (Å²) in [5, 5.41) is 10.1. The topological polar surface area (TPSA) is 297 Å². The van der Waals surface area contributed by atoms with Crippen LogP contribution in [0.4, 0.5) is 5.69 Å². The highest BCUT2D eigenvalue weighted by molar-refractivity contribution is 7.95. The molecule has 2 aliphatic rings. The summed E-state index contributed by atoms with van der Waals surface area (Å²) in [4.78, 5) is 97.6. The number of aromatic amines is 1. The van der Waals surface area contributed by atoms with E-state index in [-0.39, 0.29) is 70.2 Å². The van der Waals surface area contributed by atoms with E-state index in [9.17, 15) is 50.4 Å². The lowest BCUT2D eigenvalue weighted by Gasteiger charge is -2.37. The van der Waals surface area contributed by atoms with Crippen LogP contribution in [-0.4, -0.2) is 130 Å². The van der Waals surface area contributed by atoms with Crippen LogP contribution >= 0.6 is 11.3 Å². The SMILES string of the molecule is CCN(CC)CCNC(=O)c1c(C)[nH]c(/C=C2\C(=O)Nc3ccc(OC(=O)CCCCC(=O)OC(C)C(=O)OC(C)C(=O)OC(C)C(=O)N(CC)C4C[C@@H](C)S(=O)(=O)c5sc(S(N)(=O)=O)cc54)cc32)c1C. The summed E-state index contributed by atoms with van der Waals surface area (Å²) in [6, 6.07) is 4.97. The van der Waals surface area contributed by atoms with Gasteiger partial charge in [0, 0.05) is 60.7 Å². The van der Waals surface area contributed by atoms with Gasteiger partial charge in [0.2, 0.25) is 10.0 Å². The van der Waals surface area contributed by atoms with Crippen molar-refractivity contribution in [3.63, 3.8) is 0 Å². The van der Waals surface area contributed by atoms with Crippen LogP contribution in [0.25, 0.3) is 11.6 Å². The van der Waals surface area contributed by atoms with Crippen molar-refractivity contribution in [2.24, 2.45) is 5.14 Å². The first kappa shape index (κ1) is 56.0. The number of fused-ring (bicyclic) bond motifs is 2. The number of sulfonamides is 1. The monoisotopic (exact) mass is 1050 g/mol. The third-order valence-electron chi connectivity index (χ3n) is 12.2. The number of ether oxygens (including phenoxy) is 4. The van der Waals surface area contributed by atoms with E-state index in [0.29, 0.717) is 57.2 Å². The van der Waals surface area contributed by atoms with Crippen LogP contribution in [0.5, 0.6) is 5.75 Å². The highest BCUT2D eigenvalue weighted by Gasteiger charge is 2.44. The van der Waals surface area contributed by atoms with E-state index in [0.717, 1.165) is 25.7 Å². The average molecular weight is 1050 g/mol. The summed E-state index contributed by atoms with van der Waals surface area (Å²) in [6.45, 7) is 17.5. The minimum absolute atomic E-state index is 0.0332. The maximum atomic E-state index is 13.6. The van der Waals surface area contributed by atoms with E-state index in [4.69, 9.17) is 24.1 Å². The van der Waals surface area contributed by atoms with Crippen LogP contribution in [0.2, 0.25) is 0 Å².